The maximum absolute atomic E-state index is 11.9. The van der Waals surface area contributed by atoms with Crippen molar-refractivity contribution in [2.24, 2.45) is 0 Å². The molecule has 1 rings (SSSR count). The third kappa shape index (κ3) is 11.9. The molecule has 0 aromatic heterocycles. The molecule has 5 heteroatoms. The summed E-state index contributed by atoms with van der Waals surface area (Å²) in [5.74, 6) is -2.29. The van der Waals surface area contributed by atoms with E-state index in [-0.39, 0.29) is 11.1 Å². The number of carbonyl (C=O) groups is 3. The first-order valence-electron chi connectivity index (χ1n) is 11.9. The van der Waals surface area contributed by atoms with Crippen LogP contribution in [0.2, 0.25) is 0 Å². The first kappa shape index (κ1) is 26.1. The van der Waals surface area contributed by atoms with E-state index in [4.69, 9.17) is 4.74 Å². The monoisotopic (exact) mass is 420 g/mol. The van der Waals surface area contributed by atoms with Crippen molar-refractivity contribution in [3.63, 3.8) is 0 Å². The molecule has 0 aromatic rings. The maximum atomic E-state index is 11.9. The number of rotatable bonds is 19. The van der Waals surface area contributed by atoms with Crippen molar-refractivity contribution < 1.29 is 23.9 Å². The number of hydrogen-bond acceptors (Lipinski definition) is 5. The van der Waals surface area contributed by atoms with E-state index in [2.05, 4.69) is 18.2 Å². The molecule has 0 unspecified atom stereocenters. The number of hydrogen-bond donors (Lipinski definition) is 0. The van der Waals surface area contributed by atoms with Crippen molar-refractivity contribution in [3.8, 4) is 0 Å². The van der Waals surface area contributed by atoms with E-state index in [0.29, 0.717) is 6.61 Å². The fourth-order valence-electron chi connectivity index (χ4n) is 3.57. The average molecular weight is 421 g/mol. The summed E-state index contributed by atoms with van der Waals surface area (Å²) in [5.41, 5.74) is -0.237. The van der Waals surface area contributed by atoms with E-state index in [1.165, 1.54) is 83.5 Å². The molecule has 0 fully saturated rings. The molecule has 0 saturated carbocycles. The van der Waals surface area contributed by atoms with Gasteiger partial charge in [0.2, 0.25) is 0 Å². The molecule has 30 heavy (non-hydrogen) atoms. The number of carbonyl (C=O) groups excluding carboxylic acids is 3. The Kier molecular flexibility index (Phi) is 14.7. The minimum Gasteiger partial charge on any atom is -0.462 e. The quantitative estimate of drug-likeness (QED) is 0.105. The largest absolute Gasteiger partial charge is 0.462 e. The van der Waals surface area contributed by atoms with Gasteiger partial charge in [-0.2, -0.15) is 0 Å². The van der Waals surface area contributed by atoms with Crippen LogP contribution in [0.15, 0.2) is 23.8 Å². The van der Waals surface area contributed by atoms with Crippen molar-refractivity contribution >= 4 is 17.9 Å². The van der Waals surface area contributed by atoms with E-state index in [9.17, 15) is 14.4 Å². The predicted octanol–water partition coefficient (Wildman–Crippen LogP) is 6.36. The Morgan fingerprint density at radius 3 is 1.63 bits per heavy atom. The van der Waals surface area contributed by atoms with Gasteiger partial charge in [0.15, 0.2) is 0 Å². The Labute approximate surface area is 182 Å². The summed E-state index contributed by atoms with van der Waals surface area (Å²) in [6.07, 6.45) is 21.6. The van der Waals surface area contributed by atoms with Crippen LogP contribution >= 0.6 is 0 Å². The van der Waals surface area contributed by atoms with Crippen LogP contribution in [0.3, 0.4) is 0 Å². The highest BCUT2D eigenvalue weighted by Crippen LogP contribution is 2.18. The summed E-state index contributed by atoms with van der Waals surface area (Å²) < 4.78 is 9.47. The van der Waals surface area contributed by atoms with Gasteiger partial charge >= 0.3 is 17.9 Å². The van der Waals surface area contributed by atoms with Crippen molar-refractivity contribution in [2.45, 2.75) is 110 Å². The SMILES string of the molecule is C=C(C(=O)OCCCCCCCCCCCCCCCCCC)C1=CC(=O)OC1=O. The highest BCUT2D eigenvalue weighted by atomic mass is 16.6. The molecule has 0 aromatic carbocycles. The first-order valence-corrected chi connectivity index (χ1v) is 11.9. The molecule has 1 aliphatic heterocycles. The van der Waals surface area contributed by atoms with Crippen LogP contribution < -0.4 is 0 Å². The van der Waals surface area contributed by atoms with Crippen LogP contribution in [0.5, 0.6) is 0 Å². The van der Waals surface area contributed by atoms with E-state index in [1.54, 1.807) is 0 Å². The van der Waals surface area contributed by atoms with Crippen molar-refractivity contribution in [2.75, 3.05) is 6.61 Å². The molecule has 1 aliphatic rings. The Bertz CT molecular complexity index is 576. The molecule has 0 amide bonds. The molecule has 0 N–H and O–H groups in total. The van der Waals surface area contributed by atoms with Crippen LogP contribution in [0, 0.1) is 0 Å². The summed E-state index contributed by atoms with van der Waals surface area (Å²) >= 11 is 0. The number of ether oxygens (including phenoxy) is 2. The number of unbranched alkanes of at least 4 members (excludes halogenated alkanes) is 15. The highest BCUT2D eigenvalue weighted by Gasteiger charge is 2.29. The lowest BCUT2D eigenvalue weighted by Gasteiger charge is -2.06. The van der Waals surface area contributed by atoms with Gasteiger partial charge in [0.05, 0.1) is 17.8 Å². The molecular weight excluding hydrogens is 380 g/mol. The standard InChI is InChI=1S/C25H40O5/c1-3-4-5-6-7-8-9-10-11-12-13-14-15-16-17-18-19-29-24(27)21(2)22-20-23(26)30-25(22)28/h20H,2-19H2,1H3. The van der Waals surface area contributed by atoms with Gasteiger partial charge in [0.25, 0.3) is 0 Å². The summed E-state index contributed by atoms with van der Waals surface area (Å²) in [6, 6.07) is 0. The molecular formula is C25H40O5. The predicted molar refractivity (Wildman–Crippen MR) is 119 cm³/mol. The van der Waals surface area contributed by atoms with Gasteiger partial charge in [0.1, 0.15) is 0 Å². The average Bonchev–Trinajstić information content (AvgIpc) is 3.07. The fraction of sp³-hybridized carbons (Fsp3) is 0.720. The lowest BCUT2D eigenvalue weighted by Crippen LogP contribution is -2.13. The first-order chi connectivity index (χ1) is 14.6. The van der Waals surface area contributed by atoms with Crippen LogP contribution in [0.1, 0.15) is 110 Å². The molecule has 0 aliphatic carbocycles. The van der Waals surface area contributed by atoms with E-state index < -0.39 is 17.9 Å². The zero-order chi connectivity index (χ0) is 22.0. The van der Waals surface area contributed by atoms with Crippen LogP contribution in [0.25, 0.3) is 0 Å². The highest BCUT2D eigenvalue weighted by molar-refractivity contribution is 6.16. The second-order valence-corrected chi connectivity index (χ2v) is 8.18. The third-order valence-electron chi connectivity index (χ3n) is 5.48. The smallest absolute Gasteiger partial charge is 0.347 e. The van der Waals surface area contributed by atoms with Gasteiger partial charge in [-0.1, -0.05) is 110 Å². The lowest BCUT2D eigenvalue weighted by molar-refractivity contribution is -0.151. The van der Waals surface area contributed by atoms with Crippen molar-refractivity contribution in [1.82, 2.24) is 0 Å². The van der Waals surface area contributed by atoms with Gasteiger partial charge in [-0.15, -0.1) is 0 Å². The van der Waals surface area contributed by atoms with E-state index in [0.717, 1.165) is 25.3 Å². The minimum absolute atomic E-state index is 0.114. The Morgan fingerprint density at radius 1 is 0.800 bits per heavy atom. The van der Waals surface area contributed by atoms with Crippen molar-refractivity contribution in [3.05, 3.63) is 23.8 Å². The van der Waals surface area contributed by atoms with E-state index >= 15 is 0 Å². The number of esters is 3. The zero-order valence-corrected chi connectivity index (χ0v) is 18.8. The second-order valence-electron chi connectivity index (χ2n) is 8.18. The second kappa shape index (κ2) is 16.8. The molecule has 0 spiro atoms. The third-order valence-corrected chi connectivity index (χ3v) is 5.48. The Balaban J connectivity index is 1.85. The summed E-state index contributed by atoms with van der Waals surface area (Å²) in [6.45, 7) is 6.08. The van der Waals surface area contributed by atoms with Crippen LogP contribution in [-0.4, -0.2) is 24.5 Å². The Hall–Kier alpha value is -1.91. The van der Waals surface area contributed by atoms with Crippen molar-refractivity contribution in [1.29, 1.82) is 0 Å². The minimum atomic E-state index is -0.843. The van der Waals surface area contributed by atoms with Gasteiger partial charge < -0.3 is 9.47 Å². The molecule has 0 saturated heterocycles. The lowest BCUT2D eigenvalue weighted by atomic mass is 10.0. The zero-order valence-electron chi connectivity index (χ0n) is 18.8. The topological polar surface area (TPSA) is 69.7 Å². The fourth-order valence-corrected chi connectivity index (χ4v) is 3.57. The summed E-state index contributed by atoms with van der Waals surface area (Å²) in [7, 11) is 0. The molecule has 170 valence electrons. The normalized spacial score (nSPS) is 13.3. The van der Waals surface area contributed by atoms with Crippen LogP contribution in [-0.2, 0) is 23.9 Å². The van der Waals surface area contributed by atoms with E-state index in [1.807, 2.05) is 0 Å². The Morgan fingerprint density at radius 2 is 1.23 bits per heavy atom. The van der Waals surface area contributed by atoms with Crippen LogP contribution in [0.4, 0.5) is 0 Å². The molecule has 0 radical (unpaired) electrons. The van der Waals surface area contributed by atoms with Gasteiger partial charge in [0, 0.05) is 6.08 Å². The van der Waals surface area contributed by atoms with Gasteiger partial charge in [-0.05, 0) is 6.42 Å². The molecule has 0 atom stereocenters. The summed E-state index contributed by atoms with van der Waals surface area (Å²) in [5, 5.41) is 0. The number of cyclic esters (lactones) is 2. The molecule has 0 bridgehead atoms. The van der Waals surface area contributed by atoms with Gasteiger partial charge in [-0.25, -0.2) is 14.4 Å². The molecule has 5 nitrogen and oxygen atoms in total. The maximum Gasteiger partial charge on any atom is 0.347 e. The molecule has 1 heterocycles. The van der Waals surface area contributed by atoms with Gasteiger partial charge in [-0.3, -0.25) is 0 Å². The summed E-state index contributed by atoms with van der Waals surface area (Å²) in [4.78, 5) is 34.2.